The average molecular weight is 288 g/mol. The molecule has 0 rings (SSSR count). The van der Waals surface area contributed by atoms with E-state index in [0.29, 0.717) is 25.7 Å². The number of ether oxygens (including phenoxy) is 3. The highest BCUT2D eigenvalue weighted by Crippen LogP contribution is 2.27. The largest absolute Gasteiger partial charge is 0.328 e. The van der Waals surface area contributed by atoms with Crippen molar-refractivity contribution in [3.05, 3.63) is 0 Å². The van der Waals surface area contributed by atoms with Crippen molar-refractivity contribution in [2.45, 2.75) is 85.5 Å². The second-order valence-electron chi connectivity index (χ2n) is 5.49. The first-order chi connectivity index (χ1) is 9.64. The lowest BCUT2D eigenvalue weighted by Gasteiger charge is -2.34. The molecule has 1 unspecified atom stereocenters. The Morgan fingerprint density at radius 1 is 0.750 bits per heavy atom. The number of hydrogen-bond donors (Lipinski definition) is 0. The molecule has 0 saturated heterocycles. The van der Waals surface area contributed by atoms with Crippen molar-refractivity contribution in [3.8, 4) is 0 Å². The fourth-order valence-electron chi connectivity index (χ4n) is 2.59. The highest BCUT2D eigenvalue weighted by Gasteiger charge is 2.34. The fraction of sp³-hybridized carbons (Fsp3) is 1.00. The van der Waals surface area contributed by atoms with E-state index in [1.54, 1.807) is 0 Å². The Bertz CT molecular complexity index is 189. The minimum atomic E-state index is -0.832. The van der Waals surface area contributed by atoms with Gasteiger partial charge in [-0.3, -0.25) is 0 Å². The van der Waals surface area contributed by atoms with Gasteiger partial charge in [-0.1, -0.05) is 52.4 Å². The molecule has 0 bridgehead atoms. The lowest BCUT2D eigenvalue weighted by molar-refractivity contribution is -0.383. The third-order valence-electron chi connectivity index (χ3n) is 3.49. The summed E-state index contributed by atoms with van der Waals surface area (Å²) in [6.07, 6.45) is 8.68. The van der Waals surface area contributed by atoms with Gasteiger partial charge in [0.2, 0.25) is 0 Å². The van der Waals surface area contributed by atoms with Gasteiger partial charge in [0, 0.05) is 26.2 Å². The molecule has 0 radical (unpaired) electrons. The maximum atomic E-state index is 5.78. The Morgan fingerprint density at radius 2 is 1.25 bits per heavy atom. The van der Waals surface area contributed by atoms with Gasteiger partial charge in [0.05, 0.1) is 0 Å². The van der Waals surface area contributed by atoms with Crippen LogP contribution in [-0.4, -0.2) is 25.8 Å². The van der Waals surface area contributed by atoms with E-state index < -0.39 is 5.97 Å². The van der Waals surface area contributed by atoms with Gasteiger partial charge in [0.15, 0.2) is 0 Å². The molecule has 0 heterocycles. The Kier molecular flexibility index (Phi) is 12.5. The van der Waals surface area contributed by atoms with Crippen LogP contribution in [0.4, 0.5) is 0 Å². The average Bonchev–Trinajstić information content (AvgIpc) is 2.39. The van der Waals surface area contributed by atoms with Crippen molar-refractivity contribution in [1.82, 2.24) is 0 Å². The predicted molar refractivity (Wildman–Crippen MR) is 84.8 cm³/mol. The van der Waals surface area contributed by atoms with Crippen molar-refractivity contribution in [2.75, 3.05) is 19.8 Å². The zero-order chi connectivity index (χ0) is 15.3. The van der Waals surface area contributed by atoms with Crippen LogP contribution >= 0.6 is 0 Å². The van der Waals surface area contributed by atoms with Gasteiger partial charge in [-0.2, -0.15) is 0 Å². The van der Waals surface area contributed by atoms with Gasteiger partial charge in [-0.15, -0.1) is 0 Å². The van der Waals surface area contributed by atoms with Crippen molar-refractivity contribution in [3.63, 3.8) is 0 Å². The molecule has 3 nitrogen and oxygen atoms in total. The molecule has 0 aliphatic rings. The van der Waals surface area contributed by atoms with Gasteiger partial charge in [0.25, 0.3) is 5.97 Å². The van der Waals surface area contributed by atoms with E-state index in [1.165, 1.54) is 38.5 Å². The Labute approximate surface area is 126 Å². The predicted octanol–water partition coefficient (Wildman–Crippen LogP) is 5.14. The number of rotatable bonds is 14. The van der Waals surface area contributed by atoms with Crippen LogP contribution < -0.4 is 0 Å². The smallest absolute Gasteiger partial charge is 0.283 e. The van der Waals surface area contributed by atoms with E-state index in [1.807, 2.05) is 20.8 Å². The third-order valence-corrected chi connectivity index (χ3v) is 3.49. The molecule has 1 atom stereocenters. The standard InChI is InChI=1S/C17H36O3/c1-6-10-11-12-13-14-16(5)15-17(18-7-2,19-8-3)20-9-4/h16H,6-15H2,1-5H3. The van der Waals surface area contributed by atoms with Gasteiger partial charge < -0.3 is 14.2 Å². The molecule has 0 aliphatic carbocycles. The number of unbranched alkanes of at least 4 members (excludes halogenated alkanes) is 4. The first kappa shape index (κ1) is 19.9. The molecule has 0 saturated carbocycles. The Morgan fingerprint density at radius 3 is 1.70 bits per heavy atom. The summed E-state index contributed by atoms with van der Waals surface area (Å²) >= 11 is 0. The van der Waals surface area contributed by atoms with Crippen LogP contribution in [0.25, 0.3) is 0 Å². The summed E-state index contributed by atoms with van der Waals surface area (Å²) in [5, 5.41) is 0. The molecule has 0 N–H and O–H groups in total. The summed E-state index contributed by atoms with van der Waals surface area (Å²) in [6.45, 7) is 12.3. The van der Waals surface area contributed by atoms with Crippen LogP contribution in [0.3, 0.4) is 0 Å². The van der Waals surface area contributed by atoms with Crippen LogP contribution in [0, 0.1) is 5.92 Å². The molecule has 0 aliphatic heterocycles. The van der Waals surface area contributed by atoms with Gasteiger partial charge >= 0.3 is 0 Å². The highest BCUT2D eigenvalue weighted by atomic mass is 16.9. The van der Waals surface area contributed by atoms with Crippen LogP contribution in [0.1, 0.15) is 79.6 Å². The zero-order valence-electron chi connectivity index (χ0n) is 14.4. The topological polar surface area (TPSA) is 27.7 Å². The molecular weight excluding hydrogens is 252 g/mol. The monoisotopic (exact) mass is 288 g/mol. The molecule has 20 heavy (non-hydrogen) atoms. The summed E-state index contributed by atoms with van der Waals surface area (Å²) in [7, 11) is 0. The van der Waals surface area contributed by atoms with Crippen LogP contribution in [-0.2, 0) is 14.2 Å². The Balaban J connectivity index is 4.18. The number of hydrogen-bond acceptors (Lipinski definition) is 3. The van der Waals surface area contributed by atoms with E-state index in [0.717, 1.165) is 6.42 Å². The Hall–Kier alpha value is -0.120. The second kappa shape index (κ2) is 12.6. The molecule has 0 fully saturated rings. The highest BCUT2D eigenvalue weighted by molar-refractivity contribution is 4.65. The summed E-state index contributed by atoms with van der Waals surface area (Å²) in [6, 6.07) is 0. The second-order valence-corrected chi connectivity index (χ2v) is 5.49. The SMILES string of the molecule is CCCCCCCC(C)CC(OCC)(OCC)OCC. The van der Waals surface area contributed by atoms with Crippen molar-refractivity contribution in [2.24, 2.45) is 5.92 Å². The summed E-state index contributed by atoms with van der Waals surface area (Å²) in [5.74, 6) is -0.276. The molecule has 0 aromatic carbocycles. The van der Waals surface area contributed by atoms with Crippen molar-refractivity contribution in [1.29, 1.82) is 0 Å². The minimum absolute atomic E-state index is 0.557. The lowest BCUT2D eigenvalue weighted by Crippen LogP contribution is -2.41. The molecular formula is C17H36O3. The molecule has 0 aromatic rings. The molecule has 0 amide bonds. The summed E-state index contributed by atoms with van der Waals surface area (Å²) in [4.78, 5) is 0. The van der Waals surface area contributed by atoms with Gasteiger partial charge in [0.1, 0.15) is 0 Å². The van der Waals surface area contributed by atoms with E-state index in [2.05, 4.69) is 13.8 Å². The molecule has 122 valence electrons. The van der Waals surface area contributed by atoms with Crippen LogP contribution in [0.2, 0.25) is 0 Å². The molecule has 0 spiro atoms. The third kappa shape index (κ3) is 8.93. The van der Waals surface area contributed by atoms with Gasteiger partial charge in [-0.05, 0) is 26.7 Å². The maximum absolute atomic E-state index is 5.78. The normalized spacial score (nSPS) is 13.7. The van der Waals surface area contributed by atoms with E-state index in [4.69, 9.17) is 14.2 Å². The van der Waals surface area contributed by atoms with Crippen LogP contribution in [0.5, 0.6) is 0 Å². The van der Waals surface area contributed by atoms with Crippen molar-refractivity contribution < 1.29 is 14.2 Å². The van der Waals surface area contributed by atoms with Crippen LogP contribution in [0.15, 0.2) is 0 Å². The molecule has 3 heteroatoms. The maximum Gasteiger partial charge on any atom is 0.283 e. The first-order valence-corrected chi connectivity index (χ1v) is 8.55. The summed E-state index contributed by atoms with van der Waals surface area (Å²) < 4.78 is 17.3. The molecule has 0 aromatic heterocycles. The zero-order valence-corrected chi connectivity index (χ0v) is 14.4. The minimum Gasteiger partial charge on any atom is -0.328 e. The first-order valence-electron chi connectivity index (χ1n) is 8.55. The fourth-order valence-corrected chi connectivity index (χ4v) is 2.59. The van der Waals surface area contributed by atoms with Crippen molar-refractivity contribution >= 4 is 0 Å². The van der Waals surface area contributed by atoms with E-state index in [9.17, 15) is 0 Å². The van der Waals surface area contributed by atoms with Gasteiger partial charge in [-0.25, -0.2) is 0 Å². The lowest BCUT2D eigenvalue weighted by atomic mass is 9.98. The van der Waals surface area contributed by atoms with E-state index in [-0.39, 0.29) is 0 Å². The quantitative estimate of drug-likeness (QED) is 0.327. The summed E-state index contributed by atoms with van der Waals surface area (Å²) in [5.41, 5.74) is 0. The van der Waals surface area contributed by atoms with E-state index >= 15 is 0 Å².